The van der Waals surface area contributed by atoms with Crippen molar-refractivity contribution in [3.05, 3.63) is 85.2 Å². The summed E-state index contributed by atoms with van der Waals surface area (Å²) in [6.07, 6.45) is 5.11. The van der Waals surface area contributed by atoms with Crippen molar-refractivity contribution in [2.45, 2.75) is 10.9 Å². The van der Waals surface area contributed by atoms with Gasteiger partial charge < -0.3 is 18.9 Å². The lowest BCUT2D eigenvalue weighted by Gasteiger charge is -2.35. The number of fused-ring (bicyclic) bond motifs is 1. The fraction of sp³-hybridized carbons (Fsp3) is 0.280. The molecule has 1 atom stereocenters. The largest absolute Gasteiger partial charge is 0.457 e. The van der Waals surface area contributed by atoms with Crippen LogP contribution in [0.3, 0.4) is 0 Å². The highest BCUT2D eigenvalue weighted by molar-refractivity contribution is 7.97. The maximum absolute atomic E-state index is 5.78. The summed E-state index contributed by atoms with van der Waals surface area (Å²) in [6.45, 7) is 11.8. The van der Waals surface area contributed by atoms with E-state index in [0.717, 1.165) is 55.0 Å². The van der Waals surface area contributed by atoms with Crippen LogP contribution in [-0.4, -0.2) is 44.5 Å². The van der Waals surface area contributed by atoms with Gasteiger partial charge in [0.25, 0.3) is 0 Å². The van der Waals surface area contributed by atoms with Gasteiger partial charge in [-0.05, 0) is 66.1 Å². The summed E-state index contributed by atoms with van der Waals surface area (Å²) in [5.74, 6) is 3.04. The molecule has 0 radical (unpaired) electrons. The molecule has 4 rings (SSSR count). The maximum Gasteiger partial charge on any atom is 0.231 e. The third kappa shape index (κ3) is 5.75. The number of allylic oxidation sites excluding steroid dienone is 3. The summed E-state index contributed by atoms with van der Waals surface area (Å²) in [7, 11) is 0. The zero-order valence-corrected chi connectivity index (χ0v) is 18.8. The molecule has 1 fully saturated rings. The van der Waals surface area contributed by atoms with Crippen molar-refractivity contribution in [2.24, 2.45) is 0 Å². The van der Waals surface area contributed by atoms with Crippen molar-refractivity contribution >= 4 is 11.9 Å². The second kappa shape index (κ2) is 11.2. The van der Waals surface area contributed by atoms with E-state index in [0.29, 0.717) is 5.76 Å². The topological polar surface area (TPSA) is 52.2 Å². The second-order valence-corrected chi connectivity index (χ2v) is 8.27. The fourth-order valence-corrected chi connectivity index (χ4v) is 4.32. The van der Waals surface area contributed by atoms with Crippen LogP contribution in [0.2, 0.25) is 0 Å². The second-order valence-electron chi connectivity index (χ2n) is 7.31. The van der Waals surface area contributed by atoms with Crippen molar-refractivity contribution in [3.63, 3.8) is 0 Å². The predicted octanol–water partition coefficient (Wildman–Crippen LogP) is 4.72. The van der Waals surface area contributed by atoms with Gasteiger partial charge in [-0.15, -0.1) is 0 Å². The number of hydrogen-bond donors (Lipinski definition) is 1. The Morgan fingerprint density at radius 2 is 1.88 bits per heavy atom. The Bertz CT molecular complexity index is 955. The summed E-state index contributed by atoms with van der Waals surface area (Å²) in [4.78, 5) is 3.56. The molecule has 1 unspecified atom stereocenters. The molecule has 32 heavy (non-hydrogen) atoms. The van der Waals surface area contributed by atoms with Gasteiger partial charge >= 0.3 is 0 Å². The molecule has 6 nitrogen and oxygen atoms in total. The lowest BCUT2D eigenvalue weighted by Crippen LogP contribution is -2.42. The van der Waals surface area contributed by atoms with Crippen molar-refractivity contribution in [2.75, 3.05) is 39.6 Å². The molecule has 2 aliphatic rings. The minimum absolute atomic E-state index is 0.211. The first kappa shape index (κ1) is 22.5. The number of rotatable bonds is 10. The lowest BCUT2D eigenvalue weighted by atomic mass is 10.0. The molecule has 1 N–H and O–H groups in total. The molecule has 0 bridgehead atoms. The molecular weight excluding hydrogens is 424 g/mol. The molecular formula is C25H28N2O4S. The van der Waals surface area contributed by atoms with E-state index >= 15 is 0 Å². The smallest absolute Gasteiger partial charge is 0.231 e. The Morgan fingerprint density at radius 1 is 1.09 bits per heavy atom. The molecule has 168 valence electrons. The van der Waals surface area contributed by atoms with E-state index < -0.39 is 0 Å². The average molecular weight is 453 g/mol. The zero-order chi connectivity index (χ0) is 22.2. The monoisotopic (exact) mass is 452 g/mol. The number of nitrogens with zero attached hydrogens (tertiary/aromatic N) is 1. The third-order valence-corrected chi connectivity index (χ3v) is 6.10. The number of hydrogen-bond acceptors (Lipinski definition) is 7. The first-order chi connectivity index (χ1) is 15.8. The first-order valence-corrected chi connectivity index (χ1v) is 11.4. The van der Waals surface area contributed by atoms with Gasteiger partial charge in [0, 0.05) is 30.6 Å². The van der Waals surface area contributed by atoms with Crippen LogP contribution in [0, 0.1) is 0 Å². The maximum atomic E-state index is 5.78. The van der Waals surface area contributed by atoms with Gasteiger partial charge in [-0.3, -0.25) is 9.62 Å². The molecule has 0 aromatic heterocycles. The van der Waals surface area contributed by atoms with Crippen molar-refractivity contribution in [1.29, 1.82) is 0 Å². The van der Waals surface area contributed by atoms with Gasteiger partial charge in [-0.25, -0.2) is 0 Å². The number of nitrogens with one attached hydrogen (secondary N) is 1. The number of ether oxygens (including phenoxy) is 4. The van der Waals surface area contributed by atoms with Crippen LogP contribution in [-0.2, 0) is 4.74 Å². The minimum Gasteiger partial charge on any atom is -0.457 e. The van der Waals surface area contributed by atoms with Gasteiger partial charge in [-0.2, -0.15) is 0 Å². The average Bonchev–Trinajstić information content (AvgIpc) is 3.31. The van der Waals surface area contributed by atoms with Crippen LogP contribution in [0.15, 0.2) is 84.5 Å². The Balaban J connectivity index is 1.38. The summed E-state index contributed by atoms with van der Waals surface area (Å²) < 4.78 is 25.9. The normalized spacial score (nSPS) is 17.1. The summed E-state index contributed by atoms with van der Waals surface area (Å²) in [5.41, 5.74) is 1.21. The van der Waals surface area contributed by atoms with Crippen LogP contribution in [0.25, 0.3) is 0 Å². The Labute approximate surface area is 193 Å². The van der Waals surface area contributed by atoms with Crippen molar-refractivity contribution in [1.82, 2.24) is 9.62 Å². The van der Waals surface area contributed by atoms with E-state index in [-0.39, 0.29) is 12.8 Å². The Kier molecular flexibility index (Phi) is 7.90. The molecule has 0 saturated carbocycles. The van der Waals surface area contributed by atoms with E-state index in [1.165, 1.54) is 5.56 Å². The molecule has 0 amide bonds. The highest BCUT2D eigenvalue weighted by Gasteiger charge is 2.25. The van der Waals surface area contributed by atoms with Crippen LogP contribution < -0.4 is 18.9 Å². The lowest BCUT2D eigenvalue weighted by molar-refractivity contribution is 0.0173. The van der Waals surface area contributed by atoms with Gasteiger partial charge in [0.05, 0.1) is 13.2 Å². The highest BCUT2D eigenvalue weighted by atomic mass is 32.2. The molecule has 7 heteroatoms. The number of benzene rings is 2. The zero-order valence-electron chi connectivity index (χ0n) is 18.0. The molecule has 0 spiro atoms. The van der Waals surface area contributed by atoms with Crippen LogP contribution in [0.4, 0.5) is 0 Å². The molecule has 1 saturated heterocycles. The van der Waals surface area contributed by atoms with E-state index in [4.69, 9.17) is 18.9 Å². The van der Waals surface area contributed by atoms with Gasteiger partial charge in [0.2, 0.25) is 6.79 Å². The van der Waals surface area contributed by atoms with Crippen molar-refractivity contribution in [3.8, 4) is 17.2 Å². The number of morpholine rings is 1. The quantitative estimate of drug-likeness (QED) is 0.318. The Morgan fingerprint density at radius 3 is 2.62 bits per heavy atom. The van der Waals surface area contributed by atoms with Crippen LogP contribution >= 0.6 is 11.9 Å². The summed E-state index contributed by atoms with van der Waals surface area (Å²) >= 11 is 1.61. The molecule has 0 aliphatic carbocycles. The van der Waals surface area contributed by atoms with Gasteiger partial charge in [0.1, 0.15) is 11.5 Å². The summed E-state index contributed by atoms with van der Waals surface area (Å²) in [6, 6.07) is 14.4. The fourth-order valence-electron chi connectivity index (χ4n) is 3.64. The molecule has 2 aliphatic heterocycles. The minimum atomic E-state index is 0.211. The van der Waals surface area contributed by atoms with Gasteiger partial charge in [0.15, 0.2) is 11.5 Å². The molecule has 2 heterocycles. The summed E-state index contributed by atoms with van der Waals surface area (Å²) in [5, 5.41) is 0. The van der Waals surface area contributed by atoms with E-state index in [1.807, 2.05) is 30.3 Å². The van der Waals surface area contributed by atoms with Gasteiger partial charge in [-0.1, -0.05) is 25.3 Å². The SMILES string of the molecule is C=C/C=C(\C=C)Oc1ccc(SNCC(c2ccc3c(c2)OCO3)N2CCOCC2)cc1. The molecule has 2 aromatic carbocycles. The van der Waals surface area contributed by atoms with Crippen LogP contribution in [0.5, 0.6) is 17.2 Å². The van der Waals surface area contributed by atoms with E-state index in [1.54, 1.807) is 30.2 Å². The van der Waals surface area contributed by atoms with Crippen LogP contribution in [0.1, 0.15) is 11.6 Å². The Hall–Kier alpha value is -2.71. The molecule has 2 aromatic rings. The van der Waals surface area contributed by atoms with Crippen molar-refractivity contribution < 1.29 is 18.9 Å². The standard InChI is InChI=1S/C25H28N2O4S/c1-3-5-20(4-2)31-21-7-9-22(10-8-21)32-26-17-23(27-12-14-28-15-13-27)19-6-11-24-25(16-19)30-18-29-24/h3-11,16,23,26H,1-2,12-15,17-18H2/b20-5+. The van der Waals surface area contributed by atoms with E-state index in [9.17, 15) is 0 Å². The van der Waals surface area contributed by atoms with E-state index in [2.05, 4.69) is 34.9 Å². The first-order valence-electron chi connectivity index (χ1n) is 10.6. The predicted molar refractivity (Wildman–Crippen MR) is 127 cm³/mol. The third-order valence-electron chi connectivity index (χ3n) is 5.28. The highest BCUT2D eigenvalue weighted by Crippen LogP contribution is 2.35.